The molecule has 0 fully saturated rings. The zero-order valence-corrected chi connectivity index (χ0v) is 15.7. The van der Waals surface area contributed by atoms with Crippen LogP contribution >= 0.6 is 0 Å². The molecule has 2 aromatic carbocycles. The minimum Gasteiger partial charge on any atom is -0.318 e. The molecular formula is C22H28N2O2. The molecular weight excluding hydrogens is 324 g/mol. The van der Waals surface area contributed by atoms with Crippen LogP contribution in [0.25, 0.3) is 0 Å². The van der Waals surface area contributed by atoms with Crippen molar-refractivity contribution in [3.8, 4) is 0 Å². The van der Waals surface area contributed by atoms with E-state index in [-0.39, 0.29) is 0 Å². The summed E-state index contributed by atoms with van der Waals surface area (Å²) in [5, 5.41) is 5.27. The molecule has 2 aromatic rings. The number of aryl methyl sites for hydroxylation is 2. The largest absolute Gasteiger partial charge is 0.318 e. The van der Waals surface area contributed by atoms with Crippen LogP contribution in [-0.2, 0) is 22.4 Å². The molecule has 0 aliphatic heterocycles. The molecule has 0 bridgehead atoms. The lowest BCUT2D eigenvalue weighted by molar-refractivity contribution is -0.132. The summed E-state index contributed by atoms with van der Waals surface area (Å²) in [6.07, 6.45) is 6.64. The third-order valence-electron chi connectivity index (χ3n) is 4.27. The molecule has 0 heterocycles. The van der Waals surface area contributed by atoms with Crippen LogP contribution in [0.4, 0.5) is 11.4 Å². The predicted molar refractivity (Wildman–Crippen MR) is 107 cm³/mol. The number of carbonyl (C=O) groups is 2. The van der Waals surface area contributed by atoms with E-state index in [0.717, 1.165) is 38.5 Å². The number of rotatable bonds is 8. The van der Waals surface area contributed by atoms with Gasteiger partial charge in [0.25, 0.3) is 0 Å². The molecule has 0 aliphatic rings. The Hall–Kier alpha value is -2.62. The van der Waals surface area contributed by atoms with Crippen LogP contribution < -0.4 is 10.6 Å². The van der Waals surface area contributed by atoms with E-state index in [1.165, 1.54) is 11.1 Å². The van der Waals surface area contributed by atoms with Crippen LogP contribution in [0.15, 0.2) is 48.5 Å². The zero-order chi connectivity index (χ0) is 18.8. The molecule has 4 nitrogen and oxygen atoms in total. The number of carbonyl (C=O) groups excluding carboxylic acids is 2. The summed E-state index contributed by atoms with van der Waals surface area (Å²) in [4.78, 5) is 24.1. The van der Waals surface area contributed by atoms with E-state index in [2.05, 4.69) is 24.5 Å². The van der Waals surface area contributed by atoms with Gasteiger partial charge in [-0.25, -0.2) is 0 Å². The van der Waals surface area contributed by atoms with Crippen LogP contribution in [0.5, 0.6) is 0 Å². The van der Waals surface area contributed by atoms with Crippen molar-refractivity contribution >= 4 is 23.2 Å². The number of nitrogens with one attached hydrogen (secondary N) is 2. The summed E-state index contributed by atoms with van der Waals surface area (Å²) in [6.45, 7) is 4.32. The number of anilines is 2. The molecule has 0 aromatic heterocycles. The molecule has 2 rings (SSSR count). The number of amides is 2. The average Bonchev–Trinajstić information content (AvgIpc) is 2.67. The molecule has 0 spiro atoms. The monoisotopic (exact) mass is 352 g/mol. The minimum absolute atomic E-state index is 0.625. The van der Waals surface area contributed by atoms with Gasteiger partial charge in [-0.2, -0.15) is 0 Å². The second-order valence-corrected chi connectivity index (χ2v) is 6.51. The van der Waals surface area contributed by atoms with Gasteiger partial charge in [-0.1, -0.05) is 51.0 Å². The number of hydrogen-bond donors (Lipinski definition) is 2. The van der Waals surface area contributed by atoms with Gasteiger partial charge in [-0.15, -0.1) is 0 Å². The molecule has 2 amide bonds. The number of hydrogen-bond acceptors (Lipinski definition) is 2. The molecule has 0 atom stereocenters. The second kappa shape index (κ2) is 10.4. The molecule has 2 N–H and O–H groups in total. The van der Waals surface area contributed by atoms with Gasteiger partial charge in [0.2, 0.25) is 0 Å². The fraction of sp³-hybridized carbons (Fsp3) is 0.364. The van der Waals surface area contributed by atoms with Crippen LogP contribution in [0.2, 0.25) is 0 Å². The molecule has 0 saturated carbocycles. The van der Waals surface area contributed by atoms with E-state index in [9.17, 15) is 9.59 Å². The van der Waals surface area contributed by atoms with Gasteiger partial charge in [0.15, 0.2) is 0 Å². The first kappa shape index (κ1) is 19.7. The molecule has 0 unspecified atom stereocenters. The SMILES string of the molecule is CCCCc1ccc(NC(=O)C(=O)Nc2ccc(CCCC)cc2)cc1. The third kappa shape index (κ3) is 6.36. The second-order valence-electron chi connectivity index (χ2n) is 6.51. The Labute approximate surface area is 156 Å². The standard InChI is InChI=1S/C22H28N2O2/c1-3-5-7-17-9-13-19(14-10-17)23-21(25)22(26)24-20-15-11-18(12-16-20)8-6-4-2/h9-16H,3-8H2,1-2H3,(H,23,25)(H,24,26). The van der Waals surface area contributed by atoms with E-state index >= 15 is 0 Å². The Morgan fingerprint density at radius 2 is 1.00 bits per heavy atom. The Kier molecular flexibility index (Phi) is 7.87. The van der Waals surface area contributed by atoms with Crippen molar-refractivity contribution in [2.75, 3.05) is 10.6 Å². The third-order valence-corrected chi connectivity index (χ3v) is 4.27. The van der Waals surface area contributed by atoms with E-state index in [4.69, 9.17) is 0 Å². The van der Waals surface area contributed by atoms with E-state index in [0.29, 0.717) is 11.4 Å². The van der Waals surface area contributed by atoms with Crippen LogP contribution in [0.1, 0.15) is 50.7 Å². The summed E-state index contributed by atoms with van der Waals surface area (Å²) < 4.78 is 0. The topological polar surface area (TPSA) is 58.2 Å². The van der Waals surface area contributed by atoms with Crippen molar-refractivity contribution in [1.82, 2.24) is 0 Å². The summed E-state index contributed by atoms with van der Waals surface area (Å²) in [5.74, 6) is -1.33. The van der Waals surface area contributed by atoms with E-state index < -0.39 is 11.8 Å². The van der Waals surface area contributed by atoms with Gasteiger partial charge in [0.1, 0.15) is 0 Å². The van der Waals surface area contributed by atoms with Gasteiger partial charge in [-0.3, -0.25) is 9.59 Å². The van der Waals surface area contributed by atoms with Crippen molar-refractivity contribution in [1.29, 1.82) is 0 Å². The van der Waals surface area contributed by atoms with Gasteiger partial charge in [-0.05, 0) is 61.1 Å². The lowest BCUT2D eigenvalue weighted by atomic mass is 10.1. The maximum absolute atomic E-state index is 12.1. The Balaban J connectivity index is 1.86. The lowest BCUT2D eigenvalue weighted by Gasteiger charge is -2.08. The Bertz CT molecular complexity index is 642. The quantitative estimate of drug-likeness (QED) is 0.661. The van der Waals surface area contributed by atoms with Crippen LogP contribution in [0.3, 0.4) is 0 Å². The lowest BCUT2D eigenvalue weighted by Crippen LogP contribution is -2.29. The Morgan fingerprint density at radius 1 is 0.654 bits per heavy atom. The first-order valence-corrected chi connectivity index (χ1v) is 9.42. The zero-order valence-electron chi connectivity index (χ0n) is 15.7. The number of unbranched alkanes of at least 4 members (excludes halogenated alkanes) is 2. The van der Waals surface area contributed by atoms with Gasteiger partial charge in [0, 0.05) is 11.4 Å². The highest BCUT2D eigenvalue weighted by molar-refractivity contribution is 6.43. The molecule has 0 saturated heterocycles. The van der Waals surface area contributed by atoms with Crippen molar-refractivity contribution in [2.45, 2.75) is 52.4 Å². The molecule has 0 radical (unpaired) electrons. The van der Waals surface area contributed by atoms with E-state index in [1.807, 2.05) is 48.5 Å². The molecule has 0 aliphatic carbocycles. The van der Waals surface area contributed by atoms with Crippen LogP contribution in [0, 0.1) is 0 Å². The molecule has 26 heavy (non-hydrogen) atoms. The summed E-state index contributed by atoms with van der Waals surface area (Å²) >= 11 is 0. The summed E-state index contributed by atoms with van der Waals surface area (Å²) in [6, 6.07) is 15.3. The fourth-order valence-electron chi connectivity index (χ4n) is 2.65. The van der Waals surface area contributed by atoms with Crippen molar-refractivity contribution < 1.29 is 9.59 Å². The van der Waals surface area contributed by atoms with Crippen LogP contribution in [-0.4, -0.2) is 11.8 Å². The first-order chi connectivity index (χ1) is 12.6. The van der Waals surface area contributed by atoms with Crippen molar-refractivity contribution in [3.05, 3.63) is 59.7 Å². The molecule has 138 valence electrons. The highest BCUT2D eigenvalue weighted by Gasteiger charge is 2.14. The van der Waals surface area contributed by atoms with E-state index in [1.54, 1.807) is 0 Å². The molecule has 4 heteroatoms. The predicted octanol–water partition coefficient (Wildman–Crippen LogP) is 4.95. The first-order valence-electron chi connectivity index (χ1n) is 9.42. The van der Waals surface area contributed by atoms with Gasteiger partial charge < -0.3 is 10.6 Å². The summed E-state index contributed by atoms with van der Waals surface area (Å²) in [5.41, 5.74) is 3.72. The minimum atomic E-state index is -0.665. The Morgan fingerprint density at radius 3 is 1.31 bits per heavy atom. The average molecular weight is 352 g/mol. The fourth-order valence-corrected chi connectivity index (χ4v) is 2.65. The highest BCUT2D eigenvalue weighted by atomic mass is 16.2. The maximum Gasteiger partial charge on any atom is 0.314 e. The maximum atomic E-state index is 12.1. The van der Waals surface area contributed by atoms with Gasteiger partial charge >= 0.3 is 11.8 Å². The van der Waals surface area contributed by atoms with Crippen molar-refractivity contribution in [3.63, 3.8) is 0 Å². The highest BCUT2D eigenvalue weighted by Crippen LogP contribution is 2.14. The van der Waals surface area contributed by atoms with Gasteiger partial charge in [0.05, 0.1) is 0 Å². The summed E-state index contributed by atoms with van der Waals surface area (Å²) in [7, 11) is 0. The normalized spacial score (nSPS) is 10.4. The number of benzene rings is 2. The smallest absolute Gasteiger partial charge is 0.314 e. The van der Waals surface area contributed by atoms with Crippen molar-refractivity contribution in [2.24, 2.45) is 0 Å².